The molecule has 1 aromatic carbocycles. The van der Waals surface area contributed by atoms with Gasteiger partial charge in [-0.2, -0.15) is 0 Å². The molecule has 1 aliphatic rings. The highest BCUT2D eigenvalue weighted by atomic mass is 32.1. The number of carbonyl (C=O) groups is 1. The molecular weight excluding hydrogens is 308 g/mol. The smallest absolute Gasteiger partial charge is 0.266 e. The molecule has 0 aliphatic heterocycles. The summed E-state index contributed by atoms with van der Waals surface area (Å²) in [4.78, 5) is 18.2. The quantitative estimate of drug-likeness (QED) is 0.922. The van der Waals surface area contributed by atoms with E-state index in [0.717, 1.165) is 24.1 Å². The molecule has 122 valence electrons. The fourth-order valence-electron chi connectivity index (χ4n) is 2.75. The molecule has 23 heavy (non-hydrogen) atoms. The maximum Gasteiger partial charge on any atom is 0.266 e. The zero-order chi connectivity index (χ0) is 16.4. The predicted octanol–water partition coefficient (Wildman–Crippen LogP) is 3.98. The highest BCUT2D eigenvalue weighted by Crippen LogP contribution is 2.32. The van der Waals surface area contributed by atoms with Crippen LogP contribution in [0, 0.1) is 12.8 Å². The van der Waals surface area contributed by atoms with Crippen LogP contribution in [0.3, 0.4) is 0 Å². The molecule has 1 aromatic heterocycles. The van der Waals surface area contributed by atoms with Crippen LogP contribution in [0.15, 0.2) is 24.3 Å². The van der Waals surface area contributed by atoms with Crippen molar-refractivity contribution in [2.45, 2.75) is 46.1 Å². The maximum absolute atomic E-state index is 12.3. The van der Waals surface area contributed by atoms with E-state index in [0.29, 0.717) is 16.8 Å². The molecule has 1 N–H and O–H groups in total. The largest absolute Gasteiger partial charge is 0.481 e. The van der Waals surface area contributed by atoms with Crippen LogP contribution in [0.5, 0.6) is 5.75 Å². The third kappa shape index (κ3) is 3.91. The minimum absolute atomic E-state index is 0.161. The summed E-state index contributed by atoms with van der Waals surface area (Å²) in [5.74, 6) is 1.25. The Bertz CT molecular complexity index is 711. The second kappa shape index (κ2) is 6.71. The van der Waals surface area contributed by atoms with Crippen molar-refractivity contribution in [2.24, 2.45) is 5.92 Å². The Morgan fingerprint density at radius 2 is 2.30 bits per heavy atom. The molecule has 0 saturated carbocycles. The topological polar surface area (TPSA) is 51.2 Å². The molecule has 4 nitrogen and oxygen atoms in total. The average molecular weight is 330 g/mol. The first-order chi connectivity index (χ1) is 11.0. The number of fused-ring (bicyclic) bond motifs is 1. The lowest BCUT2D eigenvalue weighted by Gasteiger charge is -2.15. The Balaban J connectivity index is 1.62. The van der Waals surface area contributed by atoms with Crippen LogP contribution in [0.2, 0.25) is 0 Å². The Labute approximate surface area is 140 Å². The SMILES string of the molecule is Cc1cccc(O[C@H](C)C(=O)Nc2nc3c(s2)C[C@H](C)CC3)c1. The lowest BCUT2D eigenvalue weighted by Crippen LogP contribution is -2.30. The zero-order valence-electron chi connectivity index (χ0n) is 13.8. The third-order valence-corrected chi connectivity index (χ3v) is 5.12. The highest BCUT2D eigenvalue weighted by molar-refractivity contribution is 7.15. The second-order valence-electron chi connectivity index (χ2n) is 6.30. The number of amides is 1. The van der Waals surface area contributed by atoms with Gasteiger partial charge >= 0.3 is 0 Å². The van der Waals surface area contributed by atoms with E-state index in [4.69, 9.17) is 4.74 Å². The molecule has 0 bridgehead atoms. The van der Waals surface area contributed by atoms with Crippen LogP contribution in [-0.2, 0) is 17.6 Å². The van der Waals surface area contributed by atoms with E-state index in [1.165, 1.54) is 11.3 Å². The highest BCUT2D eigenvalue weighted by Gasteiger charge is 2.22. The van der Waals surface area contributed by atoms with Gasteiger partial charge in [-0.05, 0) is 56.7 Å². The van der Waals surface area contributed by atoms with Crippen LogP contribution in [0.1, 0.15) is 36.4 Å². The summed E-state index contributed by atoms with van der Waals surface area (Å²) >= 11 is 1.59. The van der Waals surface area contributed by atoms with Crippen molar-refractivity contribution < 1.29 is 9.53 Å². The third-order valence-electron chi connectivity index (χ3n) is 4.09. The van der Waals surface area contributed by atoms with E-state index >= 15 is 0 Å². The molecule has 0 radical (unpaired) electrons. The van der Waals surface area contributed by atoms with E-state index in [1.54, 1.807) is 18.3 Å². The van der Waals surface area contributed by atoms with E-state index in [-0.39, 0.29) is 5.91 Å². The van der Waals surface area contributed by atoms with Crippen molar-refractivity contribution in [2.75, 3.05) is 5.32 Å². The molecule has 1 amide bonds. The fraction of sp³-hybridized carbons (Fsp3) is 0.444. The number of thiazole rings is 1. The Morgan fingerprint density at radius 3 is 3.09 bits per heavy atom. The summed E-state index contributed by atoms with van der Waals surface area (Å²) in [6, 6.07) is 7.71. The summed E-state index contributed by atoms with van der Waals surface area (Å²) < 4.78 is 5.71. The molecule has 0 spiro atoms. The van der Waals surface area contributed by atoms with Gasteiger partial charge in [0.2, 0.25) is 0 Å². The summed E-state index contributed by atoms with van der Waals surface area (Å²) in [6.45, 7) is 6.02. The van der Waals surface area contributed by atoms with E-state index < -0.39 is 6.10 Å². The van der Waals surface area contributed by atoms with Crippen molar-refractivity contribution in [3.63, 3.8) is 0 Å². The van der Waals surface area contributed by atoms with Crippen molar-refractivity contribution in [1.29, 1.82) is 0 Å². The number of ether oxygens (including phenoxy) is 1. The van der Waals surface area contributed by atoms with Gasteiger partial charge in [0.05, 0.1) is 5.69 Å². The second-order valence-corrected chi connectivity index (χ2v) is 7.39. The average Bonchev–Trinajstić information content (AvgIpc) is 2.88. The molecule has 0 saturated heterocycles. The Kier molecular flexibility index (Phi) is 4.66. The number of benzene rings is 1. The van der Waals surface area contributed by atoms with Crippen molar-refractivity contribution in [1.82, 2.24) is 4.98 Å². The number of carbonyl (C=O) groups excluding carboxylic acids is 1. The summed E-state index contributed by atoms with van der Waals surface area (Å²) in [7, 11) is 0. The van der Waals surface area contributed by atoms with Crippen LogP contribution < -0.4 is 10.1 Å². The summed E-state index contributed by atoms with van der Waals surface area (Å²) in [5, 5.41) is 3.58. The monoisotopic (exact) mass is 330 g/mol. The van der Waals surface area contributed by atoms with Crippen LogP contribution >= 0.6 is 11.3 Å². The van der Waals surface area contributed by atoms with Gasteiger partial charge < -0.3 is 4.74 Å². The van der Waals surface area contributed by atoms with Gasteiger partial charge in [0.1, 0.15) is 5.75 Å². The molecule has 3 rings (SSSR count). The Hall–Kier alpha value is -1.88. The lowest BCUT2D eigenvalue weighted by atomic mass is 9.93. The standard InChI is InChI=1S/C18H22N2O2S/c1-11-5-4-6-14(9-11)22-13(3)17(21)20-18-19-15-8-7-12(2)10-16(15)23-18/h4-6,9,12-13H,7-8,10H2,1-3H3,(H,19,20,21)/t12-,13-/m1/s1. The first-order valence-electron chi connectivity index (χ1n) is 8.04. The normalized spacial score (nSPS) is 18.1. The molecule has 0 unspecified atom stereocenters. The first-order valence-corrected chi connectivity index (χ1v) is 8.85. The van der Waals surface area contributed by atoms with E-state index in [1.807, 2.05) is 31.2 Å². The number of aryl methyl sites for hydroxylation is 2. The number of anilines is 1. The van der Waals surface area contributed by atoms with Crippen molar-refractivity contribution >= 4 is 22.4 Å². The van der Waals surface area contributed by atoms with Gasteiger partial charge in [-0.15, -0.1) is 11.3 Å². The first kappa shape index (κ1) is 16.0. The molecular formula is C18H22N2O2S. The number of rotatable bonds is 4. The fourth-order valence-corrected chi connectivity index (χ4v) is 3.92. The Morgan fingerprint density at radius 1 is 1.48 bits per heavy atom. The number of nitrogens with zero attached hydrogens (tertiary/aromatic N) is 1. The number of aromatic nitrogens is 1. The van der Waals surface area contributed by atoms with Gasteiger partial charge in [-0.3, -0.25) is 10.1 Å². The van der Waals surface area contributed by atoms with Gasteiger partial charge in [-0.25, -0.2) is 4.98 Å². The van der Waals surface area contributed by atoms with Gasteiger partial charge in [0, 0.05) is 4.88 Å². The van der Waals surface area contributed by atoms with Gasteiger partial charge in [-0.1, -0.05) is 19.1 Å². The predicted molar refractivity (Wildman–Crippen MR) is 93.2 cm³/mol. The molecule has 1 aliphatic carbocycles. The molecule has 0 fully saturated rings. The number of hydrogen-bond donors (Lipinski definition) is 1. The molecule has 5 heteroatoms. The lowest BCUT2D eigenvalue weighted by molar-refractivity contribution is -0.122. The van der Waals surface area contributed by atoms with Crippen LogP contribution in [0.4, 0.5) is 5.13 Å². The van der Waals surface area contributed by atoms with Gasteiger partial charge in [0.15, 0.2) is 11.2 Å². The zero-order valence-corrected chi connectivity index (χ0v) is 14.6. The van der Waals surface area contributed by atoms with E-state index in [2.05, 4.69) is 17.2 Å². The van der Waals surface area contributed by atoms with Crippen LogP contribution in [-0.4, -0.2) is 17.0 Å². The summed E-state index contributed by atoms with van der Waals surface area (Å²) in [5.41, 5.74) is 2.26. The number of hydrogen-bond acceptors (Lipinski definition) is 4. The minimum atomic E-state index is -0.559. The maximum atomic E-state index is 12.3. The summed E-state index contributed by atoms with van der Waals surface area (Å²) in [6.07, 6.45) is 2.70. The van der Waals surface area contributed by atoms with Gasteiger partial charge in [0.25, 0.3) is 5.91 Å². The molecule has 2 atom stereocenters. The van der Waals surface area contributed by atoms with Crippen molar-refractivity contribution in [3.05, 3.63) is 40.4 Å². The van der Waals surface area contributed by atoms with E-state index in [9.17, 15) is 4.79 Å². The van der Waals surface area contributed by atoms with Crippen LogP contribution in [0.25, 0.3) is 0 Å². The molecule has 2 aromatic rings. The number of nitrogens with one attached hydrogen (secondary N) is 1. The molecule has 1 heterocycles. The minimum Gasteiger partial charge on any atom is -0.481 e. The van der Waals surface area contributed by atoms with Crippen molar-refractivity contribution in [3.8, 4) is 5.75 Å².